The van der Waals surface area contributed by atoms with Crippen molar-refractivity contribution in [1.82, 2.24) is 4.98 Å². The van der Waals surface area contributed by atoms with Crippen molar-refractivity contribution in [3.05, 3.63) is 82.9 Å². The second-order valence-corrected chi connectivity index (χ2v) is 8.50. The number of aliphatic carboxylic acids is 1. The van der Waals surface area contributed by atoms with E-state index in [2.05, 4.69) is 18.0 Å². The molecule has 0 saturated heterocycles. The van der Waals surface area contributed by atoms with Crippen molar-refractivity contribution in [2.75, 3.05) is 4.90 Å². The van der Waals surface area contributed by atoms with Crippen LogP contribution in [-0.2, 0) is 23.9 Å². The first-order valence-corrected chi connectivity index (χ1v) is 11.0. The molecule has 0 bridgehead atoms. The van der Waals surface area contributed by atoms with E-state index in [1.807, 2.05) is 29.3 Å². The van der Waals surface area contributed by atoms with Gasteiger partial charge in [-0.25, -0.2) is 4.98 Å². The Morgan fingerprint density at radius 3 is 2.62 bits per heavy atom. The number of benzene rings is 2. The summed E-state index contributed by atoms with van der Waals surface area (Å²) in [7, 11) is 0. The molecule has 2 aromatic carbocycles. The third kappa shape index (κ3) is 5.00. The third-order valence-electron chi connectivity index (χ3n) is 6.02. The van der Waals surface area contributed by atoms with E-state index in [4.69, 9.17) is 9.52 Å². The summed E-state index contributed by atoms with van der Waals surface area (Å²) in [5.74, 6) is 0.265. The number of halogens is 3. The van der Waals surface area contributed by atoms with Crippen molar-refractivity contribution in [2.24, 2.45) is 0 Å². The fraction of sp³-hybridized carbons (Fsp3) is 0.308. The van der Waals surface area contributed by atoms with Gasteiger partial charge < -0.3 is 14.4 Å². The van der Waals surface area contributed by atoms with Crippen LogP contribution in [0.1, 0.15) is 53.8 Å². The van der Waals surface area contributed by atoms with Crippen molar-refractivity contribution in [3.63, 3.8) is 0 Å². The summed E-state index contributed by atoms with van der Waals surface area (Å²) in [5.41, 5.74) is 3.52. The lowest BCUT2D eigenvalue weighted by Crippen LogP contribution is -2.17. The van der Waals surface area contributed by atoms with Crippen LogP contribution in [0.5, 0.6) is 0 Å². The molecule has 1 atom stereocenters. The fourth-order valence-corrected chi connectivity index (χ4v) is 4.26. The van der Waals surface area contributed by atoms with Crippen LogP contribution in [0.15, 0.2) is 59.2 Å². The van der Waals surface area contributed by atoms with Crippen LogP contribution in [-0.4, -0.2) is 16.1 Å². The number of anilines is 1. The molecular weight excluding hydrogens is 445 g/mol. The van der Waals surface area contributed by atoms with Crippen LogP contribution in [0.2, 0.25) is 0 Å². The Kier molecular flexibility index (Phi) is 6.50. The van der Waals surface area contributed by atoms with Crippen LogP contribution < -0.4 is 4.90 Å². The van der Waals surface area contributed by atoms with Crippen molar-refractivity contribution in [1.29, 1.82) is 0 Å². The predicted octanol–water partition coefficient (Wildman–Crippen LogP) is 6.71. The molecule has 0 saturated carbocycles. The minimum Gasteiger partial charge on any atom is -0.481 e. The van der Waals surface area contributed by atoms with Gasteiger partial charge in [-0.15, -0.1) is 0 Å². The topological polar surface area (TPSA) is 66.6 Å². The van der Waals surface area contributed by atoms with E-state index in [9.17, 15) is 18.0 Å². The highest BCUT2D eigenvalue weighted by Crippen LogP contribution is 2.38. The number of fused-ring (bicyclic) bond motifs is 1. The molecule has 8 heteroatoms. The third-order valence-corrected chi connectivity index (χ3v) is 6.02. The smallest absolute Gasteiger partial charge is 0.416 e. The van der Waals surface area contributed by atoms with Gasteiger partial charge in [0.05, 0.1) is 17.8 Å². The molecule has 0 fully saturated rings. The standard InChI is InChI=1S/C26H25F3N2O3/c1-16-5-4-14-31(21-7-3-6-18(24(16)21)10-13-23(32)33)15-22-17(2)30-25(34-22)19-8-11-20(12-9-19)26(27,28)29/h3-4,6-9,11-12,14,16H,5,10,13,15H2,1-2H3,(H,32,33)/t16-/m1/s1. The summed E-state index contributed by atoms with van der Waals surface area (Å²) in [6, 6.07) is 10.7. The molecule has 34 heavy (non-hydrogen) atoms. The number of aryl methyl sites for hydroxylation is 2. The van der Waals surface area contributed by atoms with Crippen LogP contribution in [0.4, 0.5) is 18.9 Å². The van der Waals surface area contributed by atoms with Gasteiger partial charge in [0, 0.05) is 23.9 Å². The molecule has 0 aliphatic carbocycles. The molecule has 0 amide bonds. The maximum atomic E-state index is 12.9. The van der Waals surface area contributed by atoms with E-state index in [0.717, 1.165) is 35.4 Å². The van der Waals surface area contributed by atoms with Crippen LogP contribution in [0.25, 0.3) is 11.5 Å². The normalized spacial score (nSPS) is 15.8. The number of rotatable bonds is 6. The Morgan fingerprint density at radius 1 is 1.21 bits per heavy atom. The van der Waals surface area contributed by atoms with E-state index in [1.165, 1.54) is 12.1 Å². The van der Waals surface area contributed by atoms with E-state index < -0.39 is 17.7 Å². The molecule has 0 spiro atoms. The molecule has 0 radical (unpaired) electrons. The molecule has 1 aliphatic rings. The van der Waals surface area contributed by atoms with Crippen LogP contribution in [0, 0.1) is 6.92 Å². The highest BCUT2D eigenvalue weighted by molar-refractivity contribution is 5.68. The molecule has 178 valence electrons. The number of allylic oxidation sites excluding steroid dienone is 1. The van der Waals surface area contributed by atoms with Gasteiger partial charge in [0.25, 0.3) is 0 Å². The van der Waals surface area contributed by atoms with Crippen LogP contribution in [0.3, 0.4) is 0 Å². The Hall–Kier alpha value is -3.55. The zero-order valence-electron chi connectivity index (χ0n) is 18.9. The molecule has 0 unspecified atom stereocenters. The van der Waals surface area contributed by atoms with Gasteiger partial charge in [-0.3, -0.25) is 4.79 Å². The number of hydrogen-bond acceptors (Lipinski definition) is 4. The van der Waals surface area contributed by atoms with Gasteiger partial charge in [0.2, 0.25) is 5.89 Å². The highest BCUT2D eigenvalue weighted by Gasteiger charge is 2.30. The second-order valence-electron chi connectivity index (χ2n) is 8.50. The molecule has 2 heterocycles. The predicted molar refractivity (Wildman–Crippen MR) is 122 cm³/mol. The largest absolute Gasteiger partial charge is 0.481 e. The van der Waals surface area contributed by atoms with Gasteiger partial charge >= 0.3 is 12.1 Å². The zero-order valence-corrected chi connectivity index (χ0v) is 18.9. The van der Waals surface area contributed by atoms with Gasteiger partial charge in [0.1, 0.15) is 5.76 Å². The zero-order chi connectivity index (χ0) is 24.5. The molecule has 3 aromatic rings. The first-order chi connectivity index (χ1) is 16.1. The minimum absolute atomic E-state index is 0.0638. The Bertz CT molecular complexity index is 1210. The van der Waals surface area contributed by atoms with Crippen molar-refractivity contribution < 1.29 is 27.5 Å². The summed E-state index contributed by atoms with van der Waals surface area (Å²) in [6.07, 6.45) is 1.00. The molecule has 1 aliphatic heterocycles. The number of hydrogen-bond donors (Lipinski definition) is 1. The number of carbonyl (C=O) groups is 1. The molecule has 1 N–H and O–H groups in total. The van der Waals surface area contributed by atoms with Crippen molar-refractivity contribution in [3.8, 4) is 11.5 Å². The molecule has 4 rings (SSSR count). The number of oxazole rings is 1. The maximum absolute atomic E-state index is 12.9. The summed E-state index contributed by atoms with van der Waals surface area (Å²) < 4.78 is 44.6. The lowest BCUT2D eigenvalue weighted by molar-refractivity contribution is -0.138. The number of carboxylic acid groups (broad SMARTS) is 1. The first kappa shape index (κ1) is 23.6. The van der Waals surface area contributed by atoms with Crippen molar-refractivity contribution >= 4 is 11.7 Å². The number of alkyl halides is 3. The first-order valence-electron chi connectivity index (χ1n) is 11.0. The minimum atomic E-state index is -4.40. The van der Waals surface area contributed by atoms with Crippen LogP contribution >= 0.6 is 0 Å². The summed E-state index contributed by atoms with van der Waals surface area (Å²) in [6.45, 7) is 4.32. The number of aromatic nitrogens is 1. The lowest BCUT2D eigenvalue weighted by Gasteiger charge is -2.25. The molecule has 5 nitrogen and oxygen atoms in total. The van der Waals surface area contributed by atoms with Gasteiger partial charge in [-0.05, 0) is 67.1 Å². The Morgan fingerprint density at radius 2 is 1.94 bits per heavy atom. The quantitative estimate of drug-likeness (QED) is 0.434. The van der Waals surface area contributed by atoms with E-state index in [1.54, 1.807) is 6.92 Å². The summed E-state index contributed by atoms with van der Waals surface area (Å²) >= 11 is 0. The van der Waals surface area contributed by atoms with Gasteiger partial charge in [-0.1, -0.05) is 25.1 Å². The number of carboxylic acids is 1. The van der Waals surface area contributed by atoms with E-state index in [-0.39, 0.29) is 18.2 Å². The SMILES string of the molecule is Cc1nc(-c2ccc(C(F)(F)F)cc2)oc1CN1C=CC[C@@H](C)c2c(CCC(=O)O)cccc21. The number of nitrogens with zero attached hydrogens (tertiary/aromatic N) is 2. The van der Waals surface area contributed by atoms with Crippen molar-refractivity contribution in [2.45, 2.75) is 51.7 Å². The maximum Gasteiger partial charge on any atom is 0.416 e. The average molecular weight is 470 g/mol. The summed E-state index contributed by atoms with van der Waals surface area (Å²) in [5, 5.41) is 9.13. The monoisotopic (exact) mass is 470 g/mol. The molecular formula is C26H25F3N2O3. The Balaban J connectivity index is 1.62. The lowest BCUT2D eigenvalue weighted by atomic mass is 9.90. The molecule has 1 aromatic heterocycles. The Labute approximate surface area is 195 Å². The fourth-order valence-electron chi connectivity index (χ4n) is 4.26. The van der Waals surface area contributed by atoms with E-state index >= 15 is 0 Å². The highest BCUT2D eigenvalue weighted by atomic mass is 19.4. The van der Waals surface area contributed by atoms with E-state index in [0.29, 0.717) is 30.0 Å². The second kappa shape index (κ2) is 9.37. The summed E-state index contributed by atoms with van der Waals surface area (Å²) in [4.78, 5) is 17.6. The van der Waals surface area contributed by atoms with Gasteiger partial charge in [0.15, 0.2) is 0 Å². The van der Waals surface area contributed by atoms with Gasteiger partial charge in [-0.2, -0.15) is 13.2 Å². The average Bonchev–Trinajstić information content (AvgIpc) is 3.07.